The largest absolute Gasteiger partial charge is 0.462 e. The smallest absolute Gasteiger partial charge is 0.302 e. The molecular formula is C31H50O2. The Morgan fingerprint density at radius 1 is 1.03 bits per heavy atom. The van der Waals surface area contributed by atoms with Crippen LogP contribution in [0, 0.1) is 39.9 Å². The summed E-state index contributed by atoms with van der Waals surface area (Å²) in [6.07, 6.45) is 15.4. The summed E-state index contributed by atoms with van der Waals surface area (Å²) in [7, 11) is 0. The Bertz CT molecular complexity index is 832. The number of rotatable bonds is 5. The van der Waals surface area contributed by atoms with Gasteiger partial charge in [-0.25, -0.2) is 0 Å². The van der Waals surface area contributed by atoms with Gasteiger partial charge in [-0.15, -0.1) is 0 Å². The van der Waals surface area contributed by atoms with Crippen molar-refractivity contribution in [3.8, 4) is 0 Å². The van der Waals surface area contributed by atoms with Crippen molar-refractivity contribution in [2.45, 2.75) is 126 Å². The van der Waals surface area contributed by atoms with Crippen LogP contribution in [0.4, 0.5) is 0 Å². The number of hydrogen-bond donors (Lipinski definition) is 0. The first-order valence-electron chi connectivity index (χ1n) is 14.0. The van der Waals surface area contributed by atoms with Gasteiger partial charge in [0, 0.05) is 6.92 Å². The summed E-state index contributed by atoms with van der Waals surface area (Å²) < 4.78 is 5.77. The van der Waals surface area contributed by atoms with Gasteiger partial charge in [0.25, 0.3) is 0 Å². The van der Waals surface area contributed by atoms with Crippen molar-refractivity contribution in [3.05, 3.63) is 22.8 Å². The number of carbonyl (C=O) groups excluding carboxylic acids is 1. The lowest BCUT2D eigenvalue weighted by molar-refractivity contribution is -0.155. The van der Waals surface area contributed by atoms with Gasteiger partial charge in [0.15, 0.2) is 0 Å². The molecule has 2 nitrogen and oxygen atoms in total. The monoisotopic (exact) mass is 454 g/mol. The molecule has 0 aromatic carbocycles. The summed E-state index contributed by atoms with van der Waals surface area (Å²) in [6, 6.07) is 0. The van der Waals surface area contributed by atoms with Crippen molar-refractivity contribution in [1.29, 1.82) is 0 Å². The highest BCUT2D eigenvalue weighted by atomic mass is 16.5. The maximum absolute atomic E-state index is 11.7. The molecule has 0 spiro atoms. The molecule has 8 atom stereocenters. The van der Waals surface area contributed by atoms with Crippen molar-refractivity contribution in [1.82, 2.24) is 0 Å². The van der Waals surface area contributed by atoms with Gasteiger partial charge in [0.1, 0.15) is 6.10 Å². The summed E-state index contributed by atoms with van der Waals surface area (Å²) in [5.41, 5.74) is 6.29. The van der Waals surface area contributed by atoms with Crippen LogP contribution in [0.3, 0.4) is 0 Å². The highest BCUT2D eigenvalue weighted by Gasteiger charge is 2.62. The van der Waals surface area contributed by atoms with Gasteiger partial charge in [0.2, 0.25) is 0 Å². The zero-order valence-corrected chi connectivity index (χ0v) is 22.9. The van der Waals surface area contributed by atoms with E-state index in [2.05, 4.69) is 54.5 Å². The number of ether oxygens (including phenoxy) is 1. The number of esters is 1. The quantitative estimate of drug-likeness (QED) is 0.307. The molecule has 2 heteroatoms. The van der Waals surface area contributed by atoms with Gasteiger partial charge in [-0.1, -0.05) is 57.4 Å². The lowest BCUT2D eigenvalue weighted by Crippen LogP contribution is -2.52. The van der Waals surface area contributed by atoms with Crippen LogP contribution in [0.15, 0.2) is 22.8 Å². The van der Waals surface area contributed by atoms with Gasteiger partial charge >= 0.3 is 5.97 Å². The number of allylic oxidation sites excluding steroid dienone is 4. The summed E-state index contributed by atoms with van der Waals surface area (Å²) >= 11 is 0. The van der Waals surface area contributed by atoms with Crippen LogP contribution in [-0.2, 0) is 9.53 Å². The first-order chi connectivity index (χ1) is 15.4. The van der Waals surface area contributed by atoms with E-state index in [1.807, 2.05) is 11.1 Å². The molecule has 4 rings (SSSR count). The average Bonchev–Trinajstić information content (AvgIpc) is 3.01. The van der Waals surface area contributed by atoms with Crippen LogP contribution in [0.25, 0.3) is 0 Å². The van der Waals surface area contributed by atoms with Crippen LogP contribution in [-0.4, -0.2) is 12.1 Å². The molecule has 0 radical (unpaired) electrons. The molecule has 0 heterocycles. The van der Waals surface area contributed by atoms with E-state index in [1.165, 1.54) is 63.4 Å². The second-order valence-electron chi connectivity index (χ2n) is 13.3. The number of fused-ring (bicyclic) bond motifs is 4. The molecule has 0 aliphatic heterocycles. The highest BCUT2D eigenvalue weighted by Crippen LogP contribution is 2.71. The van der Waals surface area contributed by atoms with Crippen LogP contribution in [0.5, 0.6) is 0 Å². The summed E-state index contributed by atoms with van der Waals surface area (Å²) in [6.45, 7) is 18.8. The van der Waals surface area contributed by atoms with E-state index in [0.717, 1.165) is 18.3 Å². The summed E-state index contributed by atoms with van der Waals surface area (Å²) in [4.78, 5) is 11.7. The molecule has 4 aliphatic carbocycles. The Labute approximate surface area is 204 Å². The molecule has 186 valence electrons. The molecule has 33 heavy (non-hydrogen) atoms. The van der Waals surface area contributed by atoms with E-state index in [4.69, 9.17) is 4.74 Å². The Morgan fingerprint density at radius 3 is 2.42 bits per heavy atom. The predicted octanol–water partition coefficient (Wildman–Crippen LogP) is 8.66. The minimum Gasteiger partial charge on any atom is -0.462 e. The van der Waals surface area contributed by atoms with Crippen molar-refractivity contribution in [2.24, 2.45) is 39.9 Å². The molecule has 2 saturated carbocycles. The molecule has 0 saturated heterocycles. The Morgan fingerprint density at radius 2 is 1.76 bits per heavy atom. The SMILES string of the molecule is CC(=O)O[C@H]1CC[C@]2(C)C3=C(CCC2[C@@H]1C)[C@]1(C)CC[C@H]([C@H](C)CCC=C(C)C)[C@@]1(C)CC3. The maximum Gasteiger partial charge on any atom is 0.302 e. The molecule has 1 unspecified atom stereocenters. The van der Waals surface area contributed by atoms with E-state index in [1.54, 1.807) is 6.92 Å². The van der Waals surface area contributed by atoms with Crippen molar-refractivity contribution in [3.63, 3.8) is 0 Å². The molecule has 0 N–H and O–H groups in total. The molecule has 4 aliphatic rings. The Kier molecular flexibility index (Phi) is 6.73. The zero-order valence-electron chi connectivity index (χ0n) is 22.9. The van der Waals surface area contributed by atoms with Crippen molar-refractivity contribution < 1.29 is 9.53 Å². The van der Waals surface area contributed by atoms with Gasteiger partial charge in [-0.3, -0.25) is 4.79 Å². The Balaban J connectivity index is 1.60. The number of carbonyl (C=O) groups is 1. The predicted molar refractivity (Wildman–Crippen MR) is 138 cm³/mol. The standard InChI is InChI=1S/C31H50O2/c1-20(2)10-9-11-21(3)24-14-18-31(8)27-13-12-25-22(4)28(33-23(5)32)16-17-29(25,6)26(27)15-19-30(24,31)7/h10,21-22,24-25,28H,9,11-19H2,1-8H3/t21-,22+,24-,25?,28+,29+,30-,31+/m1/s1. The van der Waals surface area contributed by atoms with E-state index in [-0.39, 0.29) is 12.1 Å². The molecule has 0 aromatic heterocycles. The third kappa shape index (κ3) is 3.96. The van der Waals surface area contributed by atoms with Crippen LogP contribution in [0.1, 0.15) is 120 Å². The van der Waals surface area contributed by atoms with E-state index in [0.29, 0.717) is 28.1 Å². The molecule has 0 amide bonds. The number of hydrogen-bond acceptors (Lipinski definition) is 2. The van der Waals surface area contributed by atoms with E-state index in [9.17, 15) is 4.79 Å². The van der Waals surface area contributed by atoms with Gasteiger partial charge in [0.05, 0.1) is 0 Å². The minimum atomic E-state index is -0.109. The van der Waals surface area contributed by atoms with E-state index >= 15 is 0 Å². The van der Waals surface area contributed by atoms with Gasteiger partial charge in [-0.05, 0) is 118 Å². The second-order valence-corrected chi connectivity index (χ2v) is 13.3. The zero-order chi connectivity index (χ0) is 24.2. The second kappa shape index (κ2) is 8.87. The van der Waals surface area contributed by atoms with E-state index < -0.39 is 0 Å². The van der Waals surface area contributed by atoms with Crippen LogP contribution >= 0.6 is 0 Å². The van der Waals surface area contributed by atoms with Crippen LogP contribution < -0.4 is 0 Å². The third-order valence-corrected chi connectivity index (χ3v) is 11.5. The topological polar surface area (TPSA) is 26.3 Å². The van der Waals surface area contributed by atoms with Gasteiger partial charge < -0.3 is 4.74 Å². The minimum absolute atomic E-state index is 0.109. The fraction of sp³-hybridized carbons (Fsp3) is 0.839. The average molecular weight is 455 g/mol. The lowest BCUT2D eigenvalue weighted by atomic mass is 9.45. The van der Waals surface area contributed by atoms with Crippen molar-refractivity contribution >= 4 is 5.97 Å². The summed E-state index contributed by atoms with van der Waals surface area (Å²) in [5, 5.41) is 0. The lowest BCUT2D eigenvalue weighted by Gasteiger charge is -2.60. The molecule has 2 fully saturated rings. The van der Waals surface area contributed by atoms with Crippen LogP contribution in [0.2, 0.25) is 0 Å². The van der Waals surface area contributed by atoms with Crippen molar-refractivity contribution in [2.75, 3.05) is 0 Å². The first kappa shape index (κ1) is 25.1. The molecular weight excluding hydrogens is 404 g/mol. The molecule has 0 bridgehead atoms. The normalized spacial score (nSPS) is 43.3. The third-order valence-electron chi connectivity index (χ3n) is 11.5. The fourth-order valence-corrected chi connectivity index (χ4v) is 9.45. The molecule has 0 aromatic rings. The Hall–Kier alpha value is -1.05. The maximum atomic E-state index is 11.7. The summed E-state index contributed by atoms with van der Waals surface area (Å²) in [5.74, 6) is 2.67. The first-order valence-corrected chi connectivity index (χ1v) is 14.0. The van der Waals surface area contributed by atoms with Gasteiger partial charge in [-0.2, -0.15) is 0 Å². The fourth-order valence-electron chi connectivity index (χ4n) is 9.45. The highest BCUT2D eigenvalue weighted by molar-refractivity contribution is 5.66.